The second kappa shape index (κ2) is 7.69. The van der Waals surface area contributed by atoms with Crippen LogP contribution in [0.5, 0.6) is 11.5 Å². The van der Waals surface area contributed by atoms with Crippen LogP contribution < -0.4 is 14.8 Å². The van der Waals surface area contributed by atoms with E-state index in [0.717, 1.165) is 11.1 Å². The second-order valence-electron chi connectivity index (χ2n) is 5.64. The van der Waals surface area contributed by atoms with Crippen molar-refractivity contribution < 1.29 is 18.8 Å². The van der Waals surface area contributed by atoms with Gasteiger partial charge in [-0.2, -0.15) is 4.98 Å². The van der Waals surface area contributed by atoms with Crippen LogP contribution in [0.1, 0.15) is 11.4 Å². The molecule has 0 unspecified atom stereocenters. The third-order valence-corrected chi connectivity index (χ3v) is 3.76. The smallest absolute Gasteiger partial charge is 0.257 e. The molecule has 0 aliphatic carbocycles. The van der Waals surface area contributed by atoms with Gasteiger partial charge in [-0.05, 0) is 48.9 Å². The lowest BCUT2D eigenvalue weighted by Crippen LogP contribution is -2.14. The predicted molar refractivity (Wildman–Crippen MR) is 96.4 cm³/mol. The first kappa shape index (κ1) is 17.5. The molecule has 0 spiro atoms. The quantitative estimate of drug-likeness (QED) is 0.732. The van der Waals surface area contributed by atoms with Crippen molar-refractivity contribution in [1.29, 1.82) is 0 Å². The average Bonchev–Trinajstić information content (AvgIpc) is 3.08. The first-order chi connectivity index (χ1) is 12.6. The largest absolute Gasteiger partial charge is 0.493 e. The number of carbonyl (C=O) groups is 1. The summed E-state index contributed by atoms with van der Waals surface area (Å²) in [5.74, 6) is 2.12. The van der Waals surface area contributed by atoms with Crippen LogP contribution in [0.15, 0.2) is 47.0 Å². The lowest BCUT2D eigenvalue weighted by molar-refractivity contribution is -0.115. The monoisotopic (exact) mass is 353 g/mol. The zero-order valence-electron chi connectivity index (χ0n) is 14.8. The molecule has 7 nitrogen and oxygen atoms in total. The third-order valence-electron chi connectivity index (χ3n) is 3.76. The standard InChI is InChI=1S/C19H19N3O4/c1-12-20-19(26-22-12)14-5-7-15(8-6-14)21-18(23)11-13-4-9-16(24-2)17(10-13)25-3/h4-10H,11H2,1-3H3,(H,21,23). The van der Waals surface area contributed by atoms with Gasteiger partial charge in [-0.1, -0.05) is 11.2 Å². The molecule has 3 rings (SSSR count). The van der Waals surface area contributed by atoms with E-state index < -0.39 is 0 Å². The highest BCUT2D eigenvalue weighted by Gasteiger charge is 2.10. The Morgan fingerprint density at radius 2 is 1.81 bits per heavy atom. The molecule has 26 heavy (non-hydrogen) atoms. The van der Waals surface area contributed by atoms with Crippen molar-refractivity contribution in [2.45, 2.75) is 13.3 Å². The first-order valence-corrected chi connectivity index (χ1v) is 8.00. The summed E-state index contributed by atoms with van der Waals surface area (Å²) < 4.78 is 15.6. The number of benzene rings is 2. The van der Waals surface area contributed by atoms with E-state index in [1.165, 1.54) is 0 Å². The van der Waals surface area contributed by atoms with Crippen molar-refractivity contribution in [1.82, 2.24) is 10.1 Å². The molecule has 0 radical (unpaired) electrons. The molecule has 0 atom stereocenters. The van der Waals surface area contributed by atoms with Crippen LogP contribution in [-0.4, -0.2) is 30.3 Å². The van der Waals surface area contributed by atoms with Crippen LogP contribution in [0.4, 0.5) is 5.69 Å². The fourth-order valence-electron chi connectivity index (χ4n) is 2.49. The number of amides is 1. The summed E-state index contributed by atoms with van der Waals surface area (Å²) in [5, 5.41) is 6.62. The minimum atomic E-state index is -0.126. The van der Waals surface area contributed by atoms with Gasteiger partial charge < -0.3 is 19.3 Å². The number of aromatic nitrogens is 2. The summed E-state index contributed by atoms with van der Waals surface area (Å²) >= 11 is 0. The minimum absolute atomic E-state index is 0.126. The van der Waals surface area contributed by atoms with Crippen LogP contribution in [-0.2, 0) is 11.2 Å². The lowest BCUT2D eigenvalue weighted by Gasteiger charge is -2.10. The molecular formula is C19H19N3O4. The van der Waals surface area contributed by atoms with E-state index in [1.807, 2.05) is 18.2 Å². The lowest BCUT2D eigenvalue weighted by atomic mass is 10.1. The molecule has 1 aromatic heterocycles. The van der Waals surface area contributed by atoms with Crippen molar-refractivity contribution in [2.75, 3.05) is 19.5 Å². The van der Waals surface area contributed by atoms with Crippen molar-refractivity contribution in [2.24, 2.45) is 0 Å². The summed E-state index contributed by atoms with van der Waals surface area (Å²) in [6, 6.07) is 12.6. The Labute approximate surface area is 150 Å². The maximum absolute atomic E-state index is 12.3. The Morgan fingerprint density at radius 1 is 1.08 bits per heavy atom. The molecule has 7 heteroatoms. The van der Waals surface area contributed by atoms with Gasteiger partial charge in [0.15, 0.2) is 17.3 Å². The number of nitrogens with one attached hydrogen (secondary N) is 1. The molecule has 0 saturated heterocycles. The van der Waals surface area contributed by atoms with E-state index in [9.17, 15) is 4.79 Å². The fraction of sp³-hybridized carbons (Fsp3) is 0.211. The van der Waals surface area contributed by atoms with E-state index >= 15 is 0 Å². The number of ether oxygens (including phenoxy) is 2. The summed E-state index contributed by atoms with van der Waals surface area (Å²) in [7, 11) is 3.14. The Morgan fingerprint density at radius 3 is 2.42 bits per heavy atom. The highest BCUT2D eigenvalue weighted by atomic mass is 16.5. The maximum Gasteiger partial charge on any atom is 0.257 e. The number of hydrogen-bond donors (Lipinski definition) is 1. The molecule has 2 aromatic carbocycles. The van der Waals surface area contributed by atoms with Crippen molar-refractivity contribution in [3.63, 3.8) is 0 Å². The molecule has 3 aromatic rings. The van der Waals surface area contributed by atoms with Crippen LogP contribution in [0.25, 0.3) is 11.5 Å². The Kier molecular flexibility index (Phi) is 5.17. The molecule has 0 aliphatic rings. The number of nitrogens with zero attached hydrogens (tertiary/aromatic N) is 2. The van der Waals surface area contributed by atoms with Gasteiger partial charge >= 0.3 is 0 Å². The predicted octanol–water partition coefficient (Wildman–Crippen LogP) is 3.24. The van der Waals surface area contributed by atoms with E-state index in [4.69, 9.17) is 14.0 Å². The van der Waals surface area contributed by atoms with Crippen LogP contribution >= 0.6 is 0 Å². The normalized spacial score (nSPS) is 10.4. The molecular weight excluding hydrogens is 334 g/mol. The SMILES string of the molecule is COc1ccc(CC(=O)Nc2ccc(-c3nc(C)no3)cc2)cc1OC. The molecule has 0 aliphatic heterocycles. The number of hydrogen-bond acceptors (Lipinski definition) is 6. The number of aryl methyl sites for hydroxylation is 1. The van der Waals surface area contributed by atoms with E-state index in [1.54, 1.807) is 45.4 Å². The third kappa shape index (κ3) is 4.00. The zero-order chi connectivity index (χ0) is 18.5. The fourth-order valence-corrected chi connectivity index (χ4v) is 2.49. The van der Waals surface area contributed by atoms with Gasteiger partial charge in [0.1, 0.15) is 0 Å². The van der Waals surface area contributed by atoms with Gasteiger partial charge in [-0.3, -0.25) is 4.79 Å². The van der Waals surface area contributed by atoms with Crippen LogP contribution in [0, 0.1) is 6.92 Å². The number of anilines is 1. The summed E-state index contributed by atoms with van der Waals surface area (Å²) in [4.78, 5) is 16.4. The van der Waals surface area contributed by atoms with Crippen LogP contribution in [0.2, 0.25) is 0 Å². The van der Waals surface area contributed by atoms with Gasteiger partial charge in [0.2, 0.25) is 5.91 Å². The van der Waals surface area contributed by atoms with E-state index in [2.05, 4.69) is 15.5 Å². The summed E-state index contributed by atoms with van der Waals surface area (Å²) in [6.45, 7) is 1.76. The molecule has 134 valence electrons. The number of rotatable bonds is 6. The molecule has 1 N–H and O–H groups in total. The molecule has 1 amide bonds. The molecule has 1 heterocycles. The zero-order valence-corrected chi connectivity index (χ0v) is 14.8. The van der Waals surface area contributed by atoms with Gasteiger partial charge in [0.05, 0.1) is 20.6 Å². The van der Waals surface area contributed by atoms with Gasteiger partial charge in [-0.25, -0.2) is 0 Å². The average molecular weight is 353 g/mol. The highest BCUT2D eigenvalue weighted by molar-refractivity contribution is 5.92. The van der Waals surface area contributed by atoms with E-state index in [0.29, 0.717) is 28.9 Å². The Hall–Kier alpha value is -3.35. The Bertz CT molecular complexity index is 903. The topological polar surface area (TPSA) is 86.5 Å². The second-order valence-corrected chi connectivity index (χ2v) is 5.64. The number of methoxy groups -OCH3 is 2. The van der Waals surface area contributed by atoms with E-state index in [-0.39, 0.29) is 12.3 Å². The highest BCUT2D eigenvalue weighted by Crippen LogP contribution is 2.28. The summed E-state index contributed by atoms with van der Waals surface area (Å²) in [5.41, 5.74) is 2.32. The molecule has 0 fully saturated rings. The van der Waals surface area contributed by atoms with Gasteiger partial charge in [-0.15, -0.1) is 0 Å². The Balaban J connectivity index is 1.64. The van der Waals surface area contributed by atoms with Crippen molar-refractivity contribution in [3.05, 3.63) is 53.9 Å². The molecule has 0 bridgehead atoms. The summed E-state index contributed by atoms with van der Waals surface area (Å²) in [6.07, 6.45) is 0.227. The van der Waals surface area contributed by atoms with Crippen LogP contribution in [0.3, 0.4) is 0 Å². The van der Waals surface area contributed by atoms with Gasteiger partial charge in [0, 0.05) is 11.3 Å². The number of carbonyl (C=O) groups excluding carboxylic acids is 1. The maximum atomic E-state index is 12.3. The minimum Gasteiger partial charge on any atom is -0.493 e. The van der Waals surface area contributed by atoms with Crippen molar-refractivity contribution in [3.8, 4) is 23.0 Å². The van der Waals surface area contributed by atoms with Crippen molar-refractivity contribution >= 4 is 11.6 Å². The van der Waals surface area contributed by atoms with Gasteiger partial charge in [0.25, 0.3) is 5.89 Å². The molecule has 0 saturated carbocycles. The first-order valence-electron chi connectivity index (χ1n) is 8.00.